The van der Waals surface area contributed by atoms with Crippen LogP contribution in [-0.4, -0.2) is 33.6 Å². The number of thiazole rings is 1. The average molecular weight is 321 g/mol. The van der Waals surface area contributed by atoms with Crippen LogP contribution in [0.5, 0.6) is 0 Å². The van der Waals surface area contributed by atoms with Crippen molar-refractivity contribution in [1.82, 2.24) is 14.7 Å². The van der Waals surface area contributed by atoms with Crippen molar-refractivity contribution in [1.29, 1.82) is 0 Å². The number of rotatable bonds is 6. The van der Waals surface area contributed by atoms with E-state index in [1.165, 1.54) is 16.2 Å². The van der Waals surface area contributed by atoms with Crippen LogP contribution < -0.4 is 5.32 Å². The number of amides is 1. The molecule has 3 aromatic heterocycles. The van der Waals surface area contributed by atoms with E-state index >= 15 is 0 Å². The second-order valence-electron chi connectivity index (χ2n) is 4.76. The normalized spacial score (nSPS) is 12.6. The van der Waals surface area contributed by atoms with Crippen molar-refractivity contribution in [3.8, 4) is 0 Å². The van der Waals surface area contributed by atoms with E-state index in [0.29, 0.717) is 12.2 Å². The fourth-order valence-electron chi connectivity index (χ4n) is 2.08. The first-order chi connectivity index (χ1) is 10.3. The van der Waals surface area contributed by atoms with Gasteiger partial charge in [-0.1, -0.05) is 6.07 Å². The van der Waals surface area contributed by atoms with Gasteiger partial charge in [0.25, 0.3) is 5.91 Å². The maximum Gasteiger partial charge on any atom is 0.271 e. The van der Waals surface area contributed by atoms with E-state index in [1.54, 1.807) is 17.5 Å². The molecule has 2 N–H and O–H groups in total. The molecule has 0 unspecified atom stereocenters. The Bertz CT molecular complexity index is 689. The van der Waals surface area contributed by atoms with Gasteiger partial charge in [0.2, 0.25) is 0 Å². The number of thiophene rings is 1. The molecule has 3 rings (SSSR count). The fourth-order valence-corrected chi connectivity index (χ4v) is 3.60. The Labute approximate surface area is 129 Å². The summed E-state index contributed by atoms with van der Waals surface area (Å²) < 4.78 is 1.83. The molecule has 0 radical (unpaired) electrons. The van der Waals surface area contributed by atoms with Crippen molar-refractivity contribution in [3.63, 3.8) is 0 Å². The minimum Gasteiger partial charge on any atom is -0.396 e. The van der Waals surface area contributed by atoms with Crippen LogP contribution in [0, 0.1) is 5.92 Å². The number of carbonyl (C=O) groups is 1. The van der Waals surface area contributed by atoms with Gasteiger partial charge in [0.05, 0.1) is 0 Å². The Kier molecular flexibility index (Phi) is 4.33. The van der Waals surface area contributed by atoms with Crippen LogP contribution in [0.4, 0.5) is 0 Å². The smallest absolute Gasteiger partial charge is 0.271 e. The maximum atomic E-state index is 12.1. The third kappa shape index (κ3) is 3.31. The number of nitrogens with zero attached hydrogens (tertiary/aromatic N) is 2. The molecule has 0 aliphatic carbocycles. The van der Waals surface area contributed by atoms with E-state index in [0.717, 1.165) is 11.4 Å². The van der Waals surface area contributed by atoms with Crippen LogP contribution in [0.2, 0.25) is 0 Å². The van der Waals surface area contributed by atoms with Gasteiger partial charge in [0.1, 0.15) is 5.69 Å². The van der Waals surface area contributed by atoms with Gasteiger partial charge in [-0.05, 0) is 17.9 Å². The molecule has 21 heavy (non-hydrogen) atoms. The van der Waals surface area contributed by atoms with Crippen LogP contribution in [0.3, 0.4) is 0 Å². The number of imidazole rings is 1. The summed E-state index contributed by atoms with van der Waals surface area (Å²) in [6, 6.07) is 4.03. The number of aliphatic hydroxyl groups excluding tert-OH is 1. The van der Waals surface area contributed by atoms with E-state index in [4.69, 9.17) is 0 Å². The van der Waals surface area contributed by atoms with Crippen LogP contribution >= 0.6 is 22.7 Å². The molecule has 0 spiro atoms. The zero-order valence-electron chi connectivity index (χ0n) is 11.2. The standard InChI is InChI=1S/C14H15N3O2S2/c18-9-10(6-11-2-1-4-20-11)7-15-13(19)12-8-17-3-5-21-14(17)16-12/h1-5,8,10,18H,6-7,9H2,(H,15,19)/t10-/m1/s1. The lowest BCUT2D eigenvalue weighted by molar-refractivity contribution is 0.0935. The average Bonchev–Trinajstić information content (AvgIpc) is 3.18. The van der Waals surface area contributed by atoms with Crippen LogP contribution in [0.1, 0.15) is 15.4 Å². The van der Waals surface area contributed by atoms with Crippen LogP contribution in [0.15, 0.2) is 35.3 Å². The monoisotopic (exact) mass is 321 g/mol. The van der Waals surface area contributed by atoms with Gasteiger partial charge >= 0.3 is 0 Å². The molecular formula is C14H15N3O2S2. The number of aromatic nitrogens is 2. The first-order valence-electron chi connectivity index (χ1n) is 6.60. The van der Waals surface area contributed by atoms with Crippen LogP contribution in [-0.2, 0) is 6.42 Å². The van der Waals surface area contributed by atoms with Gasteiger partial charge in [-0.25, -0.2) is 4.98 Å². The molecule has 1 amide bonds. The van der Waals surface area contributed by atoms with E-state index in [2.05, 4.69) is 10.3 Å². The molecule has 0 saturated carbocycles. The summed E-state index contributed by atoms with van der Waals surface area (Å²) in [7, 11) is 0. The highest BCUT2D eigenvalue weighted by atomic mass is 32.1. The molecular weight excluding hydrogens is 306 g/mol. The third-order valence-corrected chi connectivity index (χ3v) is 4.87. The lowest BCUT2D eigenvalue weighted by Gasteiger charge is -2.13. The Morgan fingerprint density at radius 2 is 2.33 bits per heavy atom. The zero-order chi connectivity index (χ0) is 14.7. The highest BCUT2D eigenvalue weighted by molar-refractivity contribution is 7.15. The minimum absolute atomic E-state index is 0.0244. The second-order valence-corrected chi connectivity index (χ2v) is 6.67. The predicted molar refractivity (Wildman–Crippen MR) is 84.0 cm³/mol. The van der Waals surface area contributed by atoms with Gasteiger partial charge in [0, 0.05) is 41.7 Å². The largest absolute Gasteiger partial charge is 0.396 e. The van der Waals surface area contributed by atoms with E-state index < -0.39 is 0 Å². The lowest BCUT2D eigenvalue weighted by atomic mass is 10.1. The van der Waals surface area contributed by atoms with E-state index in [1.807, 2.05) is 33.5 Å². The Morgan fingerprint density at radius 3 is 3.05 bits per heavy atom. The van der Waals surface area contributed by atoms with Gasteiger partial charge in [-0.3, -0.25) is 9.20 Å². The molecule has 7 heteroatoms. The molecule has 5 nitrogen and oxygen atoms in total. The minimum atomic E-state index is -0.199. The SMILES string of the molecule is O=C(NC[C@H](CO)Cc1cccs1)c1cn2ccsc2n1. The topological polar surface area (TPSA) is 66.6 Å². The zero-order valence-corrected chi connectivity index (χ0v) is 12.9. The van der Waals surface area contributed by atoms with Gasteiger partial charge in [0.15, 0.2) is 4.96 Å². The molecule has 1 atom stereocenters. The van der Waals surface area contributed by atoms with Gasteiger partial charge < -0.3 is 10.4 Å². The summed E-state index contributed by atoms with van der Waals surface area (Å²) in [6.07, 6.45) is 4.36. The predicted octanol–water partition coefficient (Wildman–Crippen LogP) is 2.04. The lowest BCUT2D eigenvalue weighted by Crippen LogP contribution is -2.31. The molecule has 3 heterocycles. The summed E-state index contributed by atoms with van der Waals surface area (Å²) >= 11 is 3.15. The van der Waals surface area contributed by atoms with Crippen molar-refractivity contribution >= 4 is 33.5 Å². The van der Waals surface area contributed by atoms with Crippen LogP contribution in [0.25, 0.3) is 4.96 Å². The highest BCUT2D eigenvalue weighted by Gasteiger charge is 2.14. The van der Waals surface area contributed by atoms with Gasteiger partial charge in [-0.2, -0.15) is 0 Å². The molecule has 0 saturated heterocycles. The number of fused-ring (bicyclic) bond motifs is 1. The first kappa shape index (κ1) is 14.2. The second kappa shape index (κ2) is 6.38. The van der Waals surface area contributed by atoms with Crippen molar-refractivity contribution in [2.45, 2.75) is 6.42 Å². The molecule has 0 fully saturated rings. The molecule has 3 aromatic rings. The number of hydrogen-bond acceptors (Lipinski definition) is 5. The number of nitrogens with one attached hydrogen (secondary N) is 1. The van der Waals surface area contributed by atoms with Crippen molar-refractivity contribution in [2.24, 2.45) is 5.92 Å². The molecule has 0 bridgehead atoms. The summed E-state index contributed by atoms with van der Waals surface area (Å²) in [5.74, 6) is -0.174. The Morgan fingerprint density at radius 1 is 1.43 bits per heavy atom. The molecule has 110 valence electrons. The summed E-state index contributed by atoms with van der Waals surface area (Å²) in [6.45, 7) is 0.495. The Hall–Kier alpha value is -1.70. The number of carbonyl (C=O) groups excluding carboxylic acids is 1. The highest BCUT2D eigenvalue weighted by Crippen LogP contribution is 2.14. The van der Waals surface area contributed by atoms with Crippen molar-refractivity contribution in [3.05, 3.63) is 45.9 Å². The summed E-state index contributed by atoms with van der Waals surface area (Å²) in [4.78, 5) is 18.4. The number of hydrogen-bond donors (Lipinski definition) is 2. The van der Waals surface area contributed by atoms with E-state index in [-0.39, 0.29) is 18.4 Å². The molecule has 0 aliphatic heterocycles. The molecule has 0 aliphatic rings. The quantitative estimate of drug-likeness (QED) is 0.730. The third-order valence-electron chi connectivity index (χ3n) is 3.21. The van der Waals surface area contributed by atoms with Crippen molar-refractivity contribution < 1.29 is 9.90 Å². The fraction of sp³-hybridized carbons (Fsp3) is 0.286. The molecule has 0 aromatic carbocycles. The number of aliphatic hydroxyl groups is 1. The Balaban J connectivity index is 1.57. The maximum absolute atomic E-state index is 12.1. The van der Waals surface area contributed by atoms with E-state index in [9.17, 15) is 9.90 Å². The van der Waals surface area contributed by atoms with Crippen molar-refractivity contribution in [2.75, 3.05) is 13.2 Å². The van der Waals surface area contributed by atoms with Gasteiger partial charge in [-0.15, -0.1) is 22.7 Å². The summed E-state index contributed by atoms with van der Waals surface area (Å²) in [5.41, 5.74) is 0.412. The first-order valence-corrected chi connectivity index (χ1v) is 8.36. The summed E-state index contributed by atoms with van der Waals surface area (Å²) in [5, 5.41) is 16.2.